The van der Waals surface area contributed by atoms with Gasteiger partial charge in [-0.05, 0) is 6.07 Å². The molecule has 1 amide bonds. The number of hydrogen-bond acceptors (Lipinski definition) is 2. The normalized spacial score (nSPS) is 10.4. The molecule has 0 atom stereocenters. The molecule has 0 radical (unpaired) electrons. The SMILES string of the molecule is CC(=O)Nc1[nH]c(O)c2ccccc12. The minimum atomic E-state index is -0.169. The molecule has 2 rings (SSSR count). The zero-order valence-corrected chi connectivity index (χ0v) is 7.66. The summed E-state index contributed by atoms with van der Waals surface area (Å²) in [6.45, 7) is 1.42. The summed E-state index contributed by atoms with van der Waals surface area (Å²) in [5.41, 5.74) is 0. The smallest absolute Gasteiger partial charge is 0.222 e. The van der Waals surface area contributed by atoms with E-state index < -0.39 is 0 Å². The van der Waals surface area contributed by atoms with Gasteiger partial charge in [-0.2, -0.15) is 0 Å². The monoisotopic (exact) mass is 190 g/mol. The molecule has 1 aromatic carbocycles. The van der Waals surface area contributed by atoms with Crippen LogP contribution in [-0.2, 0) is 4.79 Å². The standard InChI is InChI=1S/C10H10N2O2/c1-6(13)11-9-7-4-2-3-5-8(7)10(14)12-9/h2-5,12,14H,1H3,(H,11,13). The van der Waals surface area contributed by atoms with Crippen LogP contribution in [0.3, 0.4) is 0 Å². The van der Waals surface area contributed by atoms with Crippen molar-refractivity contribution >= 4 is 22.5 Å². The number of carbonyl (C=O) groups is 1. The molecule has 0 spiro atoms. The number of anilines is 1. The van der Waals surface area contributed by atoms with E-state index >= 15 is 0 Å². The minimum absolute atomic E-state index is 0.0735. The third kappa shape index (κ3) is 1.31. The Morgan fingerprint density at radius 1 is 1.36 bits per heavy atom. The molecule has 1 aromatic heterocycles. The fourth-order valence-corrected chi connectivity index (χ4v) is 1.44. The second-order valence-electron chi connectivity index (χ2n) is 3.08. The Morgan fingerprint density at radius 3 is 2.64 bits per heavy atom. The van der Waals surface area contributed by atoms with Crippen molar-refractivity contribution in [2.45, 2.75) is 6.92 Å². The summed E-state index contributed by atoms with van der Waals surface area (Å²) in [6.07, 6.45) is 0. The van der Waals surface area contributed by atoms with Gasteiger partial charge >= 0.3 is 0 Å². The molecule has 0 unspecified atom stereocenters. The van der Waals surface area contributed by atoms with Gasteiger partial charge in [0, 0.05) is 17.7 Å². The van der Waals surface area contributed by atoms with Crippen LogP contribution in [0, 0.1) is 0 Å². The molecule has 72 valence electrons. The van der Waals surface area contributed by atoms with Crippen molar-refractivity contribution in [2.75, 3.05) is 5.32 Å². The number of fused-ring (bicyclic) bond motifs is 1. The fraction of sp³-hybridized carbons (Fsp3) is 0.100. The van der Waals surface area contributed by atoms with E-state index in [2.05, 4.69) is 10.3 Å². The molecule has 4 nitrogen and oxygen atoms in total. The zero-order chi connectivity index (χ0) is 10.1. The first kappa shape index (κ1) is 8.62. The average molecular weight is 190 g/mol. The van der Waals surface area contributed by atoms with Gasteiger partial charge in [-0.25, -0.2) is 0 Å². The lowest BCUT2D eigenvalue weighted by atomic mass is 10.2. The molecule has 0 aliphatic carbocycles. The third-order valence-electron chi connectivity index (χ3n) is 2.00. The number of amides is 1. The first-order chi connectivity index (χ1) is 6.68. The molecule has 0 bridgehead atoms. The molecular weight excluding hydrogens is 180 g/mol. The predicted octanol–water partition coefficient (Wildman–Crippen LogP) is 1.83. The lowest BCUT2D eigenvalue weighted by Crippen LogP contribution is -2.05. The van der Waals surface area contributed by atoms with Gasteiger partial charge in [0.15, 0.2) is 5.88 Å². The largest absolute Gasteiger partial charge is 0.494 e. The maximum Gasteiger partial charge on any atom is 0.222 e. The molecule has 0 saturated heterocycles. The number of aromatic hydroxyl groups is 1. The molecule has 4 heteroatoms. The minimum Gasteiger partial charge on any atom is -0.494 e. The van der Waals surface area contributed by atoms with Crippen molar-refractivity contribution in [3.05, 3.63) is 24.3 Å². The Labute approximate surface area is 80.6 Å². The number of rotatable bonds is 1. The number of H-pyrrole nitrogens is 1. The van der Waals surface area contributed by atoms with Crippen molar-refractivity contribution < 1.29 is 9.90 Å². The Balaban J connectivity index is 2.60. The summed E-state index contributed by atoms with van der Waals surface area (Å²) >= 11 is 0. The Kier molecular flexibility index (Phi) is 1.89. The highest BCUT2D eigenvalue weighted by Gasteiger charge is 2.08. The van der Waals surface area contributed by atoms with Crippen LogP contribution in [0.4, 0.5) is 5.82 Å². The van der Waals surface area contributed by atoms with Crippen molar-refractivity contribution in [1.29, 1.82) is 0 Å². The van der Waals surface area contributed by atoms with Crippen molar-refractivity contribution in [3.63, 3.8) is 0 Å². The van der Waals surface area contributed by atoms with Crippen molar-refractivity contribution in [1.82, 2.24) is 4.98 Å². The van der Waals surface area contributed by atoms with Crippen LogP contribution in [0.25, 0.3) is 10.8 Å². The Morgan fingerprint density at radius 2 is 2.00 bits per heavy atom. The third-order valence-corrected chi connectivity index (χ3v) is 2.00. The Bertz CT molecular complexity index is 488. The van der Waals surface area contributed by atoms with Gasteiger partial charge in [-0.1, -0.05) is 18.2 Å². The van der Waals surface area contributed by atoms with E-state index in [0.717, 1.165) is 5.39 Å². The molecular formula is C10H10N2O2. The van der Waals surface area contributed by atoms with Gasteiger partial charge in [0.05, 0.1) is 0 Å². The van der Waals surface area contributed by atoms with Gasteiger partial charge in [0.1, 0.15) is 5.82 Å². The predicted molar refractivity (Wildman–Crippen MR) is 54.3 cm³/mol. The maximum atomic E-state index is 10.9. The van der Waals surface area contributed by atoms with Gasteiger partial charge in [-0.3, -0.25) is 4.79 Å². The van der Waals surface area contributed by atoms with E-state index in [1.165, 1.54) is 6.92 Å². The molecule has 14 heavy (non-hydrogen) atoms. The lowest BCUT2D eigenvalue weighted by Gasteiger charge is -1.97. The first-order valence-corrected chi connectivity index (χ1v) is 4.26. The summed E-state index contributed by atoms with van der Waals surface area (Å²) in [7, 11) is 0. The van der Waals surface area contributed by atoms with E-state index in [-0.39, 0.29) is 11.8 Å². The summed E-state index contributed by atoms with van der Waals surface area (Å²) < 4.78 is 0. The fourth-order valence-electron chi connectivity index (χ4n) is 1.44. The quantitative estimate of drug-likeness (QED) is 0.642. The van der Waals surface area contributed by atoms with Crippen LogP contribution >= 0.6 is 0 Å². The van der Waals surface area contributed by atoms with Crippen molar-refractivity contribution in [2.24, 2.45) is 0 Å². The number of benzene rings is 1. The topological polar surface area (TPSA) is 65.1 Å². The molecule has 1 heterocycles. The van der Waals surface area contributed by atoms with Crippen LogP contribution < -0.4 is 5.32 Å². The maximum absolute atomic E-state index is 10.9. The lowest BCUT2D eigenvalue weighted by molar-refractivity contribution is -0.114. The second-order valence-corrected chi connectivity index (χ2v) is 3.08. The number of hydrogen-bond donors (Lipinski definition) is 3. The Hall–Kier alpha value is -1.97. The van der Waals surface area contributed by atoms with Gasteiger partial charge in [0.2, 0.25) is 5.91 Å². The molecule has 0 saturated carbocycles. The average Bonchev–Trinajstić information content (AvgIpc) is 2.44. The van der Waals surface area contributed by atoms with E-state index in [1.807, 2.05) is 18.2 Å². The van der Waals surface area contributed by atoms with Crippen LogP contribution in [0.5, 0.6) is 5.88 Å². The van der Waals surface area contributed by atoms with E-state index in [4.69, 9.17) is 0 Å². The second kappa shape index (κ2) is 3.06. The zero-order valence-electron chi connectivity index (χ0n) is 7.66. The highest BCUT2D eigenvalue weighted by atomic mass is 16.3. The van der Waals surface area contributed by atoms with E-state index in [1.54, 1.807) is 6.07 Å². The van der Waals surface area contributed by atoms with E-state index in [9.17, 15) is 9.90 Å². The molecule has 2 aromatic rings. The number of carbonyl (C=O) groups excluding carboxylic acids is 1. The highest BCUT2D eigenvalue weighted by Crippen LogP contribution is 2.30. The number of aromatic amines is 1. The molecule has 0 aliphatic rings. The van der Waals surface area contributed by atoms with Crippen LogP contribution in [0.15, 0.2) is 24.3 Å². The molecule has 3 N–H and O–H groups in total. The van der Waals surface area contributed by atoms with Crippen LogP contribution in [0.1, 0.15) is 6.92 Å². The van der Waals surface area contributed by atoms with Gasteiger partial charge in [-0.15, -0.1) is 0 Å². The first-order valence-electron chi connectivity index (χ1n) is 4.26. The van der Waals surface area contributed by atoms with Gasteiger partial charge in [0.25, 0.3) is 0 Å². The summed E-state index contributed by atoms with van der Waals surface area (Å²) in [5, 5.41) is 13.6. The summed E-state index contributed by atoms with van der Waals surface area (Å²) in [6, 6.07) is 7.29. The summed E-state index contributed by atoms with van der Waals surface area (Å²) in [4.78, 5) is 13.6. The van der Waals surface area contributed by atoms with Gasteiger partial charge < -0.3 is 15.4 Å². The molecule has 0 fully saturated rings. The number of nitrogens with one attached hydrogen (secondary N) is 2. The highest BCUT2D eigenvalue weighted by molar-refractivity contribution is 6.02. The molecule has 0 aliphatic heterocycles. The number of aromatic nitrogens is 1. The van der Waals surface area contributed by atoms with Crippen LogP contribution in [-0.4, -0.2) is 16.0 Å². The summed E-state index contributed by atoms with van der Waals surface area (Å²) in [5.74, 6) is 0.437. The van der Waals surface area contributed by atoms with Crippen molar-refractivity contribution in [3.8, 4) is 5.88 Å². The van der Waals surface area contributed by atoms with E-state index in [0.29, 0.717) is 11.2 Å². The van der Waals surface area contributed by atoms with Crippen LogP contribution in [0.2, 0.25) is 0 Å².